The van der Waals surface area contributed by atoms with Crippen LogP contribution in [-0.4, -0.2) is 29.6 Å². The van der Waals surface area contributed by atoms with E-state index in [9.17, 15) is 14.7 Å². The van der Waals surface area contributed by atoms with Crippen molar-refractivity contribution in [3.05, 3.63) is 34.9 Å². The van der Waals surface area contributed by atoms with Crippen LogP contribution in [0.5, 0.6) is 0 Å². The zero-order chi connectivity index (χ0) is 14.8. The Morgan fingerprint density at radius 3 is 2.90 bits per heavy atom. The monoisotopic (exact) mass is 289 g/mol. The van der Waals surface area contributed by atoms with Crippen LogP contribution in [0.25, 0.3) is 0 Å². The molecule has 112 valence electrons. The molecule has 1 aromatic carbocycles. The van der Waals surface area contributed by atoms with E-state index in [0.717, 1.165) is 30.4 Å². The van der Waals surface area contributed by atoms with Gasteiger partial charge in [-0.1, -0.05) is 25.0 Å². The summed E-state index contributed by atoms with van der Waals surface area (Å²) in [4.78, 5) is 23.7. The van der Waals surface area contributed by atoms with Gasteiger partial charge in [0.05, 0.1) is 13.2 Å². The van der Waals surface area contributed by atoms with Crippen molar-refractivity contribution in [2.75, 3.05) is 6.61 Å². The average molecular weight is 289 g/mol. The Bertz CT molecular complexity index is 565. The molecule has 1 atom stereocenters. The maximum absolute atomic E-state index is 12.4. The molecule has 5 heteroatoms. The molecule has 1 heterocycles. The van der Waals surface area contributed by atoms with Crippen LogP contribution in [0.1, 0.15) is 40.7 Å². The van der Waals surface area contributed by atoms with Crippen LogP contribution in [0.2, 0.25) is 0 Å². The number of hydrogen-bond acceptors (Lipinski definition) is 3. The second kappa shape index (κ2) is 5.85. The Morgan fingerprint density at radius 1 is 1.38 bits per heavy atom. The van der Waals surface area contributed by atoms with Crippen LogP contribution in [0.3, 0.4) is 0 Å². The van der Waals surface area contributed by atoms with Crippen molar-refractivity contribution in [3.63, 3.8) is 0 Å². The lowest BCUT2D eigenvalue weighted by atomic mass is 9.97. The van der Waals surface area contributed by atoms with Crippen molar-refractivity contribution in [1.29, 1.82) is 0 Å². The van der Waals surface area contributed by atoms with E-state index < -0.39 is 12.0 Å². The van der Waals surface area contributed by atoms with Crippen LogP contribution in [-0.2, 0) is 22.6 Å². The molecule has 1 fully saturated rings. The quantitative estimate of drug-likeness (QED) is 0.865. The third kappa shape index (κ3) is 3.24. The zero-order valence-corrected chi connectivity index (χ0v) is 11.8. The summed E-state index contributed by atoms with van der Waals surface area (Å²) in [5, 5.41) is 11.9. The van der Waals surface area contributed by atoms with E-state index in [0.29, 0.717) is 31.1 Å². The van der Waals surface area contributed by atoms with E-state index >= 15 is 0 Å². The number of carboxylic acids is 1. The van der Waals surface area contributed by atoms with E-state index in [1.54, 1.807) is 6.07 Å². The molecule has 0 spiro atoms. The Morgan fingerprint density at radius 2 is 2.19 bits per heavy atom. The molecule has 0 radical (unpaired) electrons. The number of carbonyl (C=O) groups excluding carboxylic acids is 1. The molecule has 0 bridgehead atoms. The summed E-state index contributed by atoms with van der Waals surface area (Å²) >= 11 is 0. The van der Waals surface area contributed by atoms with Gasteiger partial charge in [0, 0.05) is 5.56 Å². The third-order valence-electron chi connectivity index (χ3n) is 4.15. The van der Waals surface area contributed by atoms with E-state index in [2.05, 4.69) is 5.32 Å². The lowest BCUT2D eigenvalue weighted by Crippen LogP contribution is -2.41. The first-order chi connectivity index (χ1) is 10.1. The van der Waals surface area contributed by atoms with Crippen LogP contribution in [0.15, 0.2) is 18.2 Å². The van der Waals surface area contributed by atoms with Gasteiger partial charge in [-0.25, -0.2) is 4.79 Å². The fraction of sp³-hybridized carbons (Fsp3) is 0.500. The predicted octanol–water partition coefficient (Wildman–Crippen LogP) is 1.74. The second-order valence-corrected chi connectivity index (χ2v) is 5.79. The standard InChI is InChI=1S/C16H19NO4/c18-15(17-14(16(19)20)8-10-4-5-10)12-3-1-2-11-6-7-21-9-13(11)12/h1-3,10,14H,4-9H2,(H,17,18)(H,19,20). The molecule has 2 N–H and O–H groups in total. The first-order valence-electron chi connectivity index (χ1n) is 7.37. The Hall–Kier alpha value is -1.88. The molecule has 1 aliphatic heterocycles. The highest BCUT2D eigenvalue weighted by atomic mass is 16.5. The van der Waals surface area contributed by atoms with E-state index in [-0.39, 0.29) is 5.91 Å². The van der Waals surface area contributed by atoms with Gasteiger partial charge in [0.1, 0.15) is 6.04 Å². The largest absolute Gasteiger partial charge is 0.480 e. The highest BCUT2D eigenvalue weighted by Gasteiger charge is 2.31. The number of carbonyl (C=O) groups is 2. The fourth-order valence-electron chi connectivity index (χ4n) is 2.75. The number of benzene rings is 1. The van der Waals surface area contributed by atoms with Crippen LogP contribution < -0.4 is 5.32 Å². The Balaban J connectivity index is 1.76. The summed E-state index contributed by atoms with van der Waals surface area (Å²) in [6.07, 6.45) is 3.44. The topological polar surface area (TPSA) is 75.6 Å². The average Bonchev–Trinajstić information content (AvgIpc) is 3.29. The van der Waals surface area contributed by atoms with Gasteiger partial charge < -0.3 is 15.2 Å². The maximum atomic E-state index is 12.4. The molecule has 0 aromatic heterocycles. The Labute approximate surface area is 123 Å². The summed E-state index contributed by atoms with van der Waals surface area (Å²) < 4.78 is 5.42. The third-order valence-corrected chi connectivity index (χ3v) is 4.15. The fourth-order valence-corrected chi connectivity index (χ4v) is 2.75. The van der Waals surface area contributed by atoms with E-state index in [4.69, 9.17) is 4.74 Å². The lowest BCUT2D eigenvalue weighted by molar-refractivity contribution is -0.139. The minimum Gasteiger partial charge on any atom is -0.480 e. The van der Waals surface area contributed by atoms with Crippen molar-refractivity contribution in [2.45, 2.75) is 38.3 Å². The number of ether oxygens (including phenoxy) is 1. The zero-order valence-electron chi connectivity index (χ0n) is 11.8. The van der Waals surface area contributed by atoms with E-state index in [1.165, 1.54) is 0 Å². The molecule has 5 nitrogen and oxygen atoms in total. The van der Waals surface area contributed by atoms with Crippen molar-refractivity contribution in [3.8, 4) is 0 Å². The highest BCUT2D eigenvalue weighted by molar-refractivity contribution is 5.98. The van der Waals surface area contributed by atoms with Crippen LogP contribution >= 0.6 is 0 Å². The van der Waals surface area contributed by atoms with Crippen molar-refractivity contribution >= 4 is 11.9 Å². The lowest BCUT2D eigenvalue weighted by Gasteiger charge is -2.21. The number of amides is 1. The number of aliphatic carboxylic acids is 1. The number of nitrogens with one attached hydrogen (secondary N) is 1. The van der Waals surface area contributed by atoms with Gasteiger partial charge in [-0.05, 0) is 36.0 Å². The maximum Gasteiger partial charge on any atom is 0.326 e. The molecule has 2 aliphatic rings. The van der Waals surface area contributed by atoms with E-state index in [1.807, 2.05) is 12.1 Å². The second-order valence-electron chi connectivity index (χ2n) is 5.79. The molecular formula is C16H19NO4. The smallest absolute Gasteiger partial charge is 0.326 e. The highest BCUT2D eigenvalue weighted by Crippen LogP contribution is 2.33. The summed E-state index contributed by atoms with van der Waals surface area (Å²) in [6, 6.07) is 4.77. The van der Waals surface area contributed by atoms with Gasteiger partial charge in [0.25, 0.3) is 5.91 Å². The van der Waals surface area contributed by atoms with Gasteiger partial charge in [0.2, 0.25) is 0 Å². The number of rotatable bonds is 5. The van der Waals surface area contributed by atoms with Crippen LogP contribution in [0.4, 0.5) is 0 Å². The van der Waals surface area contributed by atoms with Crippen molar-refractivity contribution < 1.29 is 19.4 Å². The van der Waals surface area contributed by atoms with Gasteiger partial charge >= 0.3 is 5.97 Å². The molecular weight excluding hydrogens is 270 g/mol. The molecule has 0 saturated heterocycles. The molecule has 1 unspecified atom stereocenters. The number of fused-ring (bicyclic) bond motifs is 1. The summed E-state index contributed by atoms with van der Waals surface area (Å²) in [5.74, 6) is -0.832. The van der Waals surface area contributed by atoms with Gasteiger partial charge in [-0.2, -0.15) is 0 Å². The minimum atomic E-state index is -0.962. The normalized spacial score (nSPS) is 18.7. The summed E-state index contributed by atoms with van der Waals surface area (Å²) in [5.41, 5.74) is 2.54. The van der Waals surface area contributed by atoms with Gasteiger partial charge in [-0.3, -0.25) is 4.79 Å². The predicted molar refractivity (Wildman–Crippen MR) is 76.0 cm³/mol. The summed E-state index contributed by atoms with van der Waals surface area (Å²) in [6.45, 7) is 1.08. The molecule has 1 aromatic rings. The minimum absolute atomic E-state index is 0.314. The first kappa shape index (κ1) is 14.1. The number of hydrogen-bond donors (Lipinski definition) is 2. The summed E-state index contributed by atoms with van der Waals surface area (Å²) in [7, 11) is 0. The van der Waals surface area contributed by atoms with Gasteiger partial charge in [-0.15, -0.1) is 0 Å². The molecule has 21 heavy (non-hydrogen) atoms. The molecule has 1 amide bonds. The van der Waals surface area contributed by atoms with Crippen molar-refractivity contribution in [1.82, 2.24) is 5.32 Å². The molecule has 1 aliphatic carbocycles. The van der Waals surface area contributed by atoms with Crippen LogP contribution in [0, 0.1) is 5.92 Å². The van der Waals surface area contributed by atoms with Crippen molar-refractivity contribution in [2.24, 2.45) is 5.92 Å². The number of carboxylic acid groups (broad SMARTS) is 1. The molecule has 1 saturated carbocycles. The Kier molecular flexibility index (Phi) is 3.92. The van der Waals surface area contributed by atoms with Gasteiger partial charge in [0.15, 0.2) is 0 Å². The first-order valence-corrected chi connectivity index (χ1v) is 7.37. The SMILES string of the molecule is O=C(NC(CC1CC1)C(=O)O)c1cccc2c1COCC2. The molecule has 3 rings (SSSR count).